The third-order valence-corrected chi connectivity index (χ3v) is 4.51. The maximum Gasteiger partial charge on any atom is 0.263 e. The highest BCUT2D eigenvalue weighted by Gasteiger charge is 2.22. The minimum Gasteiger partial charge on any atom is -0.481 e. The second-order valence-electron chi connectivity index (χ2n) is 7.10. The van der Waals surface area contributed by atoms with Gasteiger partial charge in [-0.25, -0.2) is 0 Å². The van der Waals surface area contributed by atoms with E-state index in [2.05, 4.69) is 10.1 Å². The average Bonchev–Trinajstić information content (AvgIpc) is 3.12. The van der Waals surface area contributed by atoms with E-state index < -0.39 is 6.10 Å². The van der Waals surface area contributed by atoms with E-state index in [-0.39, 0.29) is 12.5 Å². The molecule has 1 amide bonds. The Morgan fingerprint density at radius 2 is 1.79 bits per heavy atom. The van der Waals surface area contributed by atoms with Gasteiger partial charge in [0.1, 0.15) is 5.75 Å². The summed E-state index contributed by atoms with van der Waals surface area (Å²) in [5.41, 5.74) is 4.19. The molecule has 146 valence electrons. The molecule has 28 heavy (non-hydrogen) atoms. The van der Waals surface area contributed by atoms with Crippen LogP contribution < -0.4 is 4.74 Å². The standard InChI is InChI=1S/C22H25N3O3/c1-14-6-9-18(10-7-14)21-23-20(28-24-21)13-25(5)22(26)17(4)27-19-11-8-15(2)12-16(19)3/h6-12,17H,13H2,1-5H3. The Labute approximate surface area is 165 Å². The molecule has 0 aliphatic rings. The molecule has 6 heteroatoms. The Morgan fingerprint density at radius 1 is 1.11 bits per heavy atom. The molecule has 0 spiro atoms. The van der Waals surface area contributed by atoms with Gasteiger partial charge in [-0.05, 0) is 39.3 Å². The van der Waals surface area contributed by atoms with Crippen molar-refractivity contribution in [1.82, 2.24) is 15.0 Å². The van der Waals surface area contributed by atoms with Gasteiger partial charge in [-0.15, -0.1) is 0 Å². The van der Waals surface area contributed by atoms with Gasteiger partial charge in [0.15, 0.2) is 6.10 Å². The van der Waals surface area contributed by atoms with Crippen molar-refractivity contribution in [2.75, 3.05) is 7.05 Å². The lowest BCUT2D eigenvalue weighted by Gasteiger charge is -2.21. The normalized spacial score (nSPS) is 11.9. The van der Waals surface area contributed by atoms with E-state index in [0.717, 1.165) is 22.3 Å². The molecule has 1 atom stereocenters. The topological polar surface area (TPSA) is 68.5 Å². The molecule has 3 rings (SSSR count). The smallest absolute Gasteiger partial charge is 0.263 e. The van der Waals surface area contributed by atoms with E-state index in [1.807, 2.05) is 63.2 Å². The Morgan fingerprint density at radius 3 is 2.46 bits per heavy atom. The number of carbonyl (C=O) groups is 1. The molecule has 0 aliphatic carbocycles. The second-order valence-corrected chi connectivity index (χ2v) is 7.10. The lowest BCUT2D eigenvalue weighted by Crippen LogP contribution is -2.37. The number of hydrogen-bond donors (Lipinski definition) is 0. The maximum absolute atomic E-state index is 12.7. The molecule has 0 saturated carbocycles. The highest BCUT2D eigenvalue weighted by molar-refractivity contribution is 5.80. The SMILES string of the molecule is Cc1ccc(-c2noc(CN(C)C(=O)C(C)Oc3ccc(C)cc3C)n2)cc1. The highest BCUT2D eigenvalue weighted by Crippen LogP contribution is 2.21. The van der Waals surface area contributed by atoms with E-state index >= 15 is 0 Å². The molecule has 0 N–H and O–H groups in total. The molecule has 3 aromatic rings. The number of ether oxygens (including phenoxy) is 1. The van der Waals surface area contributed by atoms with E-state index in [4.69, 9.17) is 9.26 Å². The summed E-state index contributed by atoms with van der Waals surface area (Å²) in [4.78, 5) is 18.6. The number of likely N-dealkylation sites (N-methyl/N-ethyl adjacent to an activating group) is 1. The van der Waals surface area contributed by atoms with Crippen molar-refractivity contribution in [1.29, 1.82) is 0 Å². The van der Waals surface area contributed by atoms with Gasteiger partial charge in [0.05, 0.1) is 6.54 Å². The quantitative estimate of drug-likeness (QED) is 0.645. The van der Waals surface area contributed by atoms with Crippen molar-refractivity contribution >= 4 is 5.91 Å². The van der Waals surface area contributed by atoms with Gasteiger partial charge in [-0.1, -0.05) is 52.7 Å². The monoisotopic (exact) mass is 379 g/mol. The van der Waals surface area contributed by atoms with Crippen molar-refractivity contribution in [2.45, 2.75) is 40.3 Å². The Kier molecular flexibility index (Phi) is 5.78. The van der Waals surface area contributed by atoms with Crippen LogP contribution in [0.25, 0.3) is 11.4 Å². The highest BCUT2D eigenvalue weighted by atomic mass is 16.5. The molecule has 0 bridgehead atoms. The first-order chi connectivity index (χ1) is 13.3. The molecule has 6 nitrogen and oxygen atoms in total. The molecule has 0 fully saturated rings. The van der Waals surface area contributed by atoms with Crippen LogP contribution in [-0.4, -0.2) is 34.1 Å². The van der Waals surface area contributed by atoms with E-state index in [1.54, 1.807) is 14.0 Å². The van der Waals surface area contributed by atoms with Gasteiger partial charge >= 0.3 is 0 Å². The summed E-state index contributed by atoms with van der Waals surface area (Å²) in [7, 11) is 1.69. The number of carbonyl (C=O) groups excluding carboxylic acids is 1. The lowest BCUT2D eigenvalue weighted by molar-refractivity contribution is -0.137. The summed E-state index contributed by atoms with van der Waals surface area (Å²) in [6, 6.07) is 13.8. The first kappa shape index (κ1) is 19.6. The summed E-state index contributed by atoms with van der Waals surface area (Å²) >= 11 is 0. The summed E-state index contributed by atoms with van der Waals surface area (Å²) in [6.45, 7) is 7.97. The third-order valence-electron chi connectivity index (χ3n) is 4.51. The summed E-state index contributed by atoms with van der Waals surface area (Å²) in [6.07, 6.45) is -0.620. The molecule has 1 heterocycles. The molecule has 1 aromatic heterocycles. The summed E-state index contributed by atoms with van der Waals surface area (Å²) in [5, 5.41) is 4.01. The first-order valence-electron chi connectivity index (χ1n) is 9.22. The Hall–Kier alpha value is -3.15. The first-order valence-corrected chi connectivity index (χ1v) is 9.22. The minimum atomic E-state index is -0.620. The fourth-order valence-electron chi connectivity index (χ4n) is 2.90. The third kappa shape index (κ3) is 4.57. The van der Waals surface area contributed by atoms with Crippen LogP contribution in [-0.2, 0) is 11.3 Å². The fourth-order valence-corrected chi connectivity index (χ4v) is 2.90. The molecular formula is C22H25N3O3. The average molecular weight is 379 g/mol. The largest absolute Gasteiger partial charge is 0.481 e. The summed E-state index contributed by atoms with van der Waals surface area (Å²) in [5.74, 6) is 1.44. The van der Waals surface area contributed by atoms with Crippen molar-refractivity contribution in [3.8, 4) is 17.1 Å². The lowest BCUT2D eigenvalue weighted by atomic mass is 10.1. The van der Waals surface area contributed by atoms with Crippen molar-refractivity contribution in [2.24, 2.45) is 0 Å². The van der Waals surface area contributed by atoms with E-state index in [0.29, 0.717) is 17.5 Å². The molecule has 2 aromatic carbocycles. The fraction of sp³-hybridized carbons (Fsp3) is 0.318. The zero-order valence-corrected chi connectivity index (χ0v) is 16.9. The number of benzene rings is 2. The number of aromatic nitrogens is 2. The van der Waals surface area contributed by atoms with Gasteiger partial charge < -0.3 is 14.2 Å². The number of hydrogen-bond acceptors (Lipinski definition) is 5. The van der Waals surface area contributed by atoms with Crippen LogP contribution in [0.5, 0.6) is 5.75 Å². The van der Waals surface area contributed by atoms with Crippen LogP contribution in [0.3, 0.4) is 0 Å². The Balaban J connectivity index is 1.63. The van der Waals surface area contributed by atoms with Crippen LogP contribution in [0.15, 0.2) is 47.0 Å². The van der Waals surface area contributed by atoms with Gasteiger partial charge in [-0.2, -0.15) is 4.98 Å². The summed E-state index contributed by atoms with van der Waals surface area (Å²) < 4.78 is 11.2. The van der Waals surface area contributed by atoms with E-state index in [1.165, 1.54) is 4.90 Å². The molecule has 0 aliphatic heterocycles. The minimum absolute atomic E-state index is 0.157. The van der Waals surface area contributed by atoms with Crippen molar-refractivity contribution in [3.63, 3.8) is 0 Å². The van der Waals surface area contributed by atoms with Crippen LogP contribution in [0.4, 0.5) is 0 Å². The van der Waals surface area contributed by atoms with Crippen molar-refractivity contribution in [3.05, 3.63) is 65.0 Å². The van der Waals surface area contributed by atoms with Gasteiger partial charge in [0.25, 0.3) is 5.91 Å². The second kappa shape index (κ2) is 8.25. The maximum atomic E-state index is 12.7. The van der Waals surface area contributed by atoms with Crippen LogP contribution in [0.2, 0.25) is 0 Å². The molecule has 0 radical (unpaired) electrons. The van der Waals surface area contributed by atoms with Crippen molar-refractivity contribution < 1.29 is 14.1 Å². The molecular weight excluding hydrogens is 354 g/mol. The predicted molar refractivity (Wildman–Crippen MR) is 107 cm³/mol. The van der Waals surface area contributed by atoms with Gasteiger partial charge in [-0.3, -0.25) is 4.79 Å². The van der Waals surface area contributed by atoms with Crippen LogP contribution in [0.1, 0.15) is 29.5 Å². The van der Waals surface area contributed by atoms with Gasteiger partial charge in [0.2, 0.25) is 11.7 Å². The molecule has 1 unspecified atom stereocenters. The Bertz CT molecular complexity index is 963. The predicted octanol–water partition coefficient (Wildman–Crippen LogP) is 4.09. The number of aryl methyl sites for hydroxylation is 3. The van der Waals surface area contributed by atoms with E-state index in [9.17, 15) is 4.79 Å². The zero-order chi connectivity index (χ0) is 20.3. The zero-order valence-electron chi connectivity index (χ0n) is 16.9. The van der Waals surface area contributed by atoms with Gasteiger partial charge in [0, 0.05) is 12.6 Å². The number of nitrogens with zero attached hydrogens (tertiary/aromatic N) is 3. The van der Waals surface area contributed by atoms with Crippen LogP contribution in [0, 0.1) is 20.8 Å². The number of amides is 1. The van der Waals surface area contributed by atoms with Crippen LogP contribution >= 0.6 is 0 Å². The molecule has 0 saturated heterocycles. The number of rotatable bonds is 6.